The van der Waals surface area contributed by atoms with Crippen molar-refractivity contribution in [3.05, 3.63) is 23.3 Å². The third-order valence-electron chi connectivity index (χ3n) is 11.3. The second-order valence-corrected chi connectivity index (χ2v) is 14.2. The van der Waals surface area contributed by atoms with Crippen LogP contribution in [0, 0.1) is 52.3 Å². The van der Waals surface area contributed by atoms with Gasteiger partial charge in [-0.15, -0.1) is 0 Å². The average Bonchev–Trinajstić information content (AvgIpc) is 3.09. The molecule has 0 heterocycles. The number of fused-ring (bicyclic) bond motifs is 5. The summed E-state index contributed by atoms with van der Waals surface area (Å²) in [4.78, 5) is 0. The number of hydrogen-bond donors (Lipinski definition) is 0. The molecule has 0 bridgehead atoms. The van der Waals surface area contributed by atoms with Gasteiger partial charge in [-0.3, -0.25) is 4.18 Å². The van der Waals surface area contributed by atoms with E-state index in [0.29, 0.717) is 41.9 Å². The molecule has 0 spiro atoms. The summed E-state index contributed by atoms with van der Waals surface area (Å²) in [5.74, 6) is 4.88. The van der Waals surface area contributed by atoms with E-state index in [9.17, 15) is 13.0 Å². The number of allylic oxidation sites excluding steroid dienone is 3. The molecule has 0 saturated heterocycles. The maximum atomic E-state index is 11.1. The molecule has 4 unspecified atom stereocenters. The summed E-state index contributed by atoms with van der Waals surface area (Å²) in [5, 5.41) is 0. The molecule has 4 nitrogen and oxygen atoms in total. The van der Waals surface area contributed by atoms with Crippen molar-refractivity contribution in [2.45, 2.75) is 106 Å². The van der Waals surface area contributed by atoms with E-state index in [1.54, 1.807) is 5.57 Å². The van der Waals surface area contributed by atoms with Crippen LogP contribution in [0.4, 0.5) is 0 Å². The summed E-state index contributed by atoms with van der Waals surface area (Å²) >= 11 is 0. The van der Waals surface area contributed by atoms with Crippen molar-refractivity contribution in [1.29, 1.82) is 0 Å². The van der Waals surface area contributed by atoms with Gasteiger partial charge in [0, 0.05) is 0 Å². The smallest absolute Gasteiger partial charge is 0.726 e. The Hall–Kier alpha value is 0.350. The molecule has 0 aromatic carbocycles. The maximum absolute atomic E-state index is 11.1. The number of hydrogen-bond acceptors (Lipinski definition) is 4. The normalized spacial score (nSPS) is 41.2. The Morgan fingerprint density at radius 3 is 2.40 bits per heavy atom. The van der Waals surface area contributed by atoms with Gasteiger partial charge < -0.3 is 4.55 Å². The Morgan fingerprint density at radius 2 is 1.77 bits per heavy atom. The minimum atomic E-state index is -4.64. The first-order valence-electron chi connectivity index (χ1n) is 13.8. The molecule has 35 heavy (non-hydrogen) atoms. The summed E-state index contributed by atoms with van der Waals surface area (Å²) in [6.45, 7) is 16.8. The average molecular weight is 515 g/mol. The molecule has 3 saturated carbocycles. The third-order valence-corrected chi connectivity index (χ3v) is 11.8. The Bertz CT molecular complexity index is 940. The SMILES string of the molecule is C/C(=C\[C@@H](C)C1CCC2C3CC=C4C[C@@H](OS(=O)(=O)[O-])CC[C@]4(C)C3CC[C@@]21C)[C@H](C)C(C)C.[Na+]. The molecule has 0 amide bonds. The van der Waals surface area contributed by atoms with E-state index >= 15 is 0 Å². The Labute approximate surface area is 237 Å². The molecule has 3 fully saturated rings. The van der Waals surface area contributed by atoms with Gasteiger partial charge in [0.1, 0.15) is 0 Å². The van der Waals surface area contributed by atoms with Crippen molar-refractivity contribution in [2.75, 3.05) is 0 Å². The maximum Gasteiger partial charge on any atom is 1.00 e. The fraction of sp³-hybridized carbons (Fsp3) is 0.862. The molecule has 0 N–H and O–H groups in total. The van der Waals surface area contributed by atoms with Gasteiger partial charge in [-0.25, -0.2) is 8.42 Å². The standard InChI is InChI=1S/C29H48O4S.Na/c1-18(2)21(5)19(3)16-20(4)25-10-11-26-24-9-8-22-17-23(33-34(30,31)32)12-14-28(22,6)27(24)13-15-29(25,26)7;/h8,16,18,20-21,23-27H,9-15,17H2,1-7H3,(H,30,31,32);/q;+1/p-1/b19-16+;/t20-,21-,23+,24?,25?,26?,27?,28+,29-;/m1./s1. The molecular formula is C29H47NaO4S. The molecule has 6 heteroatoms. The summed E-state index contributed by atoms with van der Waals surface area (Å²) in [7, 11) is -4.64. The van der Waals surface area contributed by atoms with Gasteiger partial charge >= 0.3 is 29.6 Å². The van der Waals surface area contributed by atoms with E-state index < -0.39 is 16.5 Å². The van der Waals surface area contributed by atoms with Crippen LogP contribution in [-0.4, -0.2) is 19.1 Å². The van der Waals surface area contributed by atoms with Gasteiger partial charge in [-0.05, 0) is 111 Å². The summed E-state index contributed by atoms with van der Waals surface area (Å²) in [5.41, 5.74) is 3.45. The topological polar surface area (TPSA) is 66.4 Å². The van der Waals surface area contributed by atoms with Crippen LogP contribution in [0.1, 0.15) is 99.8 Å². The van der Waals surface area contributed by atoms with E-state index in [-0.39, 0.29) is 35.0 Å². The van der Waals surface area contributed by atoms with Gasteiger partial charge in [0.2, 0.25) is 10.4 Å². The molecule has 4 aliphatic carbocycles. The Balaban J connectivity index is 0.00000342. The molecule has 0 aromatic heterocycles. The minimum absolute atomic E-state index is 0. The van der Waals surface area contributed by atoms with Gasteiger partial charge in [-0.2, -0.15) is 0 Å². The van der Waals surface area contributed by atoms with Gasteiger partial charge in [-0.1, -0.05) is 64.8 Å². The van der Waals surface area contributed by atoms with Crippen LogP contribution < -0.4 is 29.6 Å². The van der Waals surface area contributed by atoms with E-state index in [0.717, 1.165) is 30.6 Å². The van der Waals surface area contributed by atoms with Crippen LogP contribution in [0.25, 0.3) is 0 Å². The van der Waals surface area contributed by atoms with Crippen molar-refractivity contribution in [3.8, 4) is 0 Å². The quantitative estimate of drug-likeness (QED) is 0.230. The summed E-state index contributed by atoms with van der Waals surface area (Å²) in [6, 6.07) is 0. The molecule has 0 aromatic rings. The zero-order valence-corrected chi connectivity index (χ0v) is 26.3. The third kappa shape index (κ3) is 5.71. The van der Waals surface area contributed by atoms with Crippen molar-refractivity contribution in [2.24, 2.45) is 52.3 Å². The largest absolute Gasteiger partial charge is 1.00 e. The zero-order chi connectivity index (χ0) is 25.1. The van der Waals surface area contributed by atoms with Gasteiger partial charge in [0.05, 0.1) is 6.10 Å². The monoisotopic (exact) mass is 514 g/mol. The second kappa shape index (κ2) is 10.8. The van der Waals surface area contributed by atoms with E-state index in [4.69, 9.17) is 4.18 Å². The predicted molar refractivity (Wildman–Crippen MR) is 137 cm³/mol. The van der Waals surface area contributed by atoms with Crippen LogP contribution in [0.3, 0.4) is 0 Å². The molecule has 0 aliphatic heterocycles. The summed E-state index contributed by atoms with van der Waals surface area (Å²) < 4.78 is 38.3. The van der Waals surface area contributed by atoms with E-state index in [1.165, 1.54) is 31.3 Å². The fourth-order valence-corrected chi connectivity index (χ4v) is 9.49. The van der Waals surface area contributed by atoms with E-state index in [2.05, 4.69) is 60.6 Å². The van der Waals surface area contributed by atoms with Crippen molar-refractivity contribution in [3.63, 3.8) is 0 Å². The first-order valence-corrected chi connectivity index (χ1v) is 15.1. The second-order valence-electron chi connectivity index (χ2n) is 13.2. The first-order chi connectivity index (χ1) is 15.8. The molecule has 194 valence electrons. The minimum Gasteiger partial charge on any atom is -0.726 e. The molecule has 9 atom stereocenters. The molecule has 4 rings (SSSR count). The molecule has 4 aliphatic rings. The van der Waals surface area contributed by atoms with Crippen LogP contribution in [0.5, 0.6) is 0 Å². The molecular weight excluding hydrogens is 467 g/mol. The van der Waals surface area contributed by atoms with Crippen LogP contribution in [-0.2, 0) is 14.6 Å². The van der Waals surface area contributed by atoms with Crippen molar-refractivity contribution < 1.29 is 46.7 Å². The Kier molecular flexibility index (Phi) is 9.27. The first kappa shape index (κ1) is 29.9. The summed E-state index contributed by atoms with van der Waals surface area (Å²) in [6.07, 6.45) is 13.1. The van der Waals surface area contributed by atoms with Crippen molar-refractivity contribution in [1.82, 2.24) is 0 Å². The Morgan fingerprint density at radius 1 is 1.09 bits per heavy atom. The van der Waals surface area contributed by atoms with Crippen LogP contribution >= 0.6 is 0 Å². The van der Waals surface area contributed by atoms with Gasteiger partial charge in [0.25, 0.3) is 0 Å². The van der Waals surface area contributed by atoms with Gasteiger partial charge in [0.15, 0.2) is 0 Å². The fourth-order valence-electron chi connectivity index (χ4n) is 8.99. The number of rotatable bonds is 6. The van der Waals surface area contributed by atoms with E-state index in [1.807, 2.05) is 0 Å². The molecule has 0 radical (unpaired) electrons. The van der Waals surface area contributed by atoms with Crippen molar-refractivity contribution >= 4 is 10.4 Å². The zero-order valence-electron chi connectivity index (χ0n) is 23.5. The predicted octanol–water partition coefficient (Wildman–Crippen LogP) is 4.29. The van der Waals surface area contributed by atoms with Crippen LogP contribution in [0.2, 0.25) is 0 Å². The van der Waals surface area contributed by atoms with Crippen LogP contribution in [0.15, 0.2) is 23.3 Å².